The van der Waals surface area contributed by atoms with Crippen LogP contribution in [0, 0.1) is 0 Å². The predicted molar refractivity (Wildman–Crippen MR) is 83.9 cm³/mol. The Bertz CT molecular complexity index is 350. The molecule has 1 nitrogen and oxygen atoms in total. The molecule has 0 amide bonds. The van der Waals surface area contributed by atoms with Crippen LogP contribution in [0.4, 0.5) is 0 Å². The quantitative estimate of drug-likeness (QED) is 0.408. The Labute approximate surface area is 118 Å². The molecule has 0 saturated heterocycles. The predicted octanol–water partition coefficient (Wildman–Crippen LogP) is 5.72. The van der Waals surface area contributed by atoms with Gasteiger partial charge in [-0.05, 0) is 43.4 Å². The van der Waals surface area contributed by atoms with Gasteiger partial charge in [0.15, 0.2) is 0 Å². The molecule has 0 aromatic heterocycles. The van der Waals surface area contributed by atoms with Crippen molar-refractivity contribution in [1.29, 1.82) is 0 Å². The van der Waals surface area contributed by atoms with Crippen molar-refractivity contribution in [1.82, 2.24) is 0 Å². The van der Waals surface area contributed by atoms with Crippen LogP contribution in [0.2, 0.25) is 0 Å². The molecule has 0 bridgehead atoms. The maximum atomic E-state index is 5.75. The van der Waals surface area contributed by atoms with Crippen molar-refractivity contribution >= 4 is 0 Å². The Kier molecular flexibility index (Phi) is 8.04. The molecule has 106 valence electrons. The number of unbranched alkanes of at least 4 members (excludes halogenated alkanes) is 3. The summed E-state index contributed by atoms with van der Waals surface area (Å²) in [6, 6.07) is 8.58. The van der Waals surface area contributed by atoms with Crippen LogP contribution in [0.1, 0.15) is 64.4 Å². The molecule has 0 N–H and O–H groups in total. The summed E-state index contributed by atoms with van der Waals surface area (Å²) in [7, 11) is 0. The zero-order chi connectivity index (χ0) is 13.9. The second-order valence-corrected chi connectivity index (χ2v) is 5.18. The third-order valence-electron chi connectivity index (χ3n) is 3.44. The molecule has 0 aliphatic carbocycles. The third-order valence-corrected chi connectivity index (χ3v) is 3.44. The first-order valence-corrected chi connectivity index (χ1v) is 7.61. The average Bonchev–Trinajstić information content (AvgIpc) is 2.45. The minimum atomic E-state index is 0.579. The van der Waals surface area contributed by atoms with Crippen LogP contribution in [0.25, 0.3) is 0 Å². The fourth-order valence-corrected chi connectivity index (χ4v) is 2.09. The maximum absolute atomic E-state index is 5.75. The van der Waals surface area contributed by atoms with E-state index in [0.29, 0.717) is 5.92 Å². The van der Waals surface area contributed by atoms with E-state index in [9.17, 15) is 0 Å². The summed E-state index contributed by atoms with van der Waals surface area (Å²) in [5.74, 6) is 1.58. The Morgan fingerprint density at radius 1 is 1.11 bits per heavy atom. The van der Waals surface area contributed by atoms with E-state index < -0.39 is 0 Å². The fourth-order valence-electron chi connectivity index (χ4n) is 2.09. The Hall–Kier alpha value is -1.24. The Balaban J connectivity index is 2.34. The minimum absolute atomic E-state index is 0.579. The minimum Gasteiger partial charge on any atom is -0.494 e. The van der Waals surface area contributed by atoms with Crippen molar-refractivity contribution in [3.05, 3.63) is 42.0 Å². The standard InChI is InChI=1S/C18H28O/c1-4-6-8-9-15-19-18-13-11-17(12-14-18)16(3)10-7-5-2/h5,7,11-14,16H,4,6,8-10,15H2,1-3H3/b7-5-. The van der Waals surface area contributed by atoms with E-state index in [0.717, 1.165) is 25.2 Å². The first kappa shape index (κ1) is 15.8. The molecule has 0 heterocycles. The van der Waals surface area contributed by atoms with Gasteiger partial charge in [0.1, 0.15) is 5.75 Å². The molecule has 1 unspecified atom stereocenters. The zero-order valence-electron chi connectivity index (χ0n) is 12.7. The molecule has 0 aliphatic rings. The fraction of sp³-hybridized carbons (Fsp3) is 0.556. The molecule has 1 aromatic rings. The molecule has 0 fully saturated rings. The van der Waals surface area contributed by atoms with Crippen LogP contribution < -0.4 is 4.74 Å². The second-order valence-electron chi connectivity index (χ2n) is 5.18. The van der Waals surface area contributed by atoms with Gasteiger partial charge in [-0.2, -0.15) is 0 Å². The van der Waals surface area contributed by atoms with E-state index >= 15 is 0 Å². The van der Waals surface area contributed by atoms with Crippen molar-refractivity contribution in [2.24, 2.45) is 0 Å². The van der Waals surface area contributed by atoms with Crippen LogP contribution in [0.3, 0.4) is 0 Å². The molecular formula is C18H28O. The van der Waals surface area contributed by atoms with Gasteiger partial charge in [-0.3, -0.25) is 0 Å². The molecule has 0 saturated carbocycles. The first-order valence-electron chi connectivity index (χ1n) is 7.61. The molecule has 1 atom stereocenters. The normalized spacial score (nSPS) is 12.8. The van der Waals surface area contributed by atoms with Gasteiger partial charge >= 0.3 is 0 Å². The highest BCUT2D eigenvalue weighted by Crippen LogP contribution is 2.22. The van der Waals surface area contributed by atoms with Crippen molar-refractivity contribution in [2.75, 3.05) is 6.61 Å². The summed E-state index contributed by atoms with van der Waals surface area (Å²) in [5.41, 5.74) is 1.39. The number of ether oxygens (including phenoxy) is 1. The van der Waals surface area contributed by atoms with E-state index in [2.05, 4.69) is 57.2 Å². The molecule has 19 heavy (non-hydrogen) atoms. The lowest BCUT2D eigenvalue weighted by Crippen LogP contribution is -1.98. The molecule has 1 rings (SSSR count). The van der Waals surface area contributed by atoms with Crippen molar-refractivity contribution < 1.29 is 4.74 Å². The average molecular weight is 260 g/mol. The highest BCUT2D eigenvalue weighted by Gasteiger charge is 2.03. The zero-order valence-corrected chi connectivity index (χ0v) is 12.7. The third kappa shape index (κ3) is 6.47. The number of hydrogen-bond acceptors (Lipinski definition) is 1. The molecule has 1 heteroatoms. The lowest BCUT2D eigenvalue weighted by atomic mass is 9.98. The van der Waals surface area contributed by atoms with E-state index in [1.807, 2.05) is 0 Å². The summed E-state index contributed by atoms with van der Waals surface area (Å²) in [6.07, 6.45) is 10.5. The summed E-state index contributed by atoms with van der Waals surface area (Å²) in [5, 5.41) is 0. The summed E-state index contributed by atoms with van der Waals surface area (Å²) in [4.78, 5) is 0. The van der Waals surface area contributed by atoms with Crippen LogP contribution in [0.15, 0.2) is 36.4 Å². The molecule has 0 spiro atoms. The van der Waals surface area contributed by atoms with Gasteiger partial charge in [0.05, 0.1) is 6.61 Å². The largest absolute Gasteiger partial charge is 0.494 e. The number of hydrogen-bond donors (Lipinski definition) is 0. The van der Waals surface area contributed by atoms with Crippen LogP contribution in [-0.2, 0) is 0 Å². The van der Waals surface area contributed by atoms with Crippen molar-refractivity contribution in [3.8, 4) is 5.75 Å². The highest BCUT2D eigenvalue weighted by atomic mass is 16.5. The van der Waals surface area contributed by atoms with Gasteiger partial charge in [0.2, 0.25) is 0 Å². The number of allylic oxidation sites excluding steroid dienone is 2. The Morgan fingerprint density at radius 2 is 1.84 bits per heavy atom. The van der Waals surface area contributed by atoms with Crippen molar-refractivity contribution in [2.45, 2.75) is 58.8 Å². The number of benzene rings is 1. The van der Waals surface area contributed by atoms with Gasteiger partial charge in [0, 0.05) is 0 Å². The lowest BCUT2D eigenvalue weighted by molar-refractivity contribution is 0.305. The van der Waals surface area contributed by atoms with Gasteiger partial charge in [0.25, 0.3) is 0 Å². The maximum Gasteiger partial charge on any atom is 0.119 e. The van der Waals surface area contributed by atoms with Gasteiger partial charge in [-0.25, -0.2) is 0 Å². The first-order chi connectivity index (χ1) is 9.27. The second kappa shape index (κ2) is 9.66. The topological polar surface area (TPSA) is 9.23 Å². The molecular weight excluding hydrogens is 232 g/mol. The summed E-state index contributed by atoms with van der Waals surface area (Å²) < 4.78 is 5.75. The molecule has 1 aromatic carbocycles. The highest BCUT2D eigenvalue weighted by molar-refractivity contribution is 5.29. The number of rotatable bonds is 9. The van der Waals surface area contributed by atoms with E-state index in [1.165, 1.54) is 24.8 Å². The Morgan fingerprint density at radius 3 is 2.47 bits per heavy atom. The van der Waals surface area contributed by atoms with Crippen LogP contribution >= 0.6 is 0 Å². The van der Waals surface area contributed by atoms with E-state index in [-0.39, 0.29) is 0 Å². The van der Waals surface area contributed by atoms with E-state index in [1.54, 1.807) is 0 Å². The SMILES string of the molecule is C/C=C\CC(C)c1ccc(OCCCCCC)cc1. The molecule has 0 aliphatic heterocycles. The van der Waals surface area contributed by atoms with E-state index in [4.69, 9.17) is 4.74 Å². The van der Waals surface area contributed by atoms with Crippen LogP contribution in [0.5, 0.6) is 5.75 Å². The van der Waals surface area contributed by atoms with Gasteiger partial charge < -0.3 is 4.74 Å². The van der Waals surface area contributed by atoms with Gasteiger partial charge in [-0.1, -0.05) is 57.4 Å². The van der Waals surface area contributed by atoms with Crippen molar-refractivity contribution in [3.63, 3.8) is 0 Å². The van der Waals surface area contributed by atoms with Gasteiger partial charge in [-0.15, -0.1) is 0 Å². The summed E-state index contributed by atoms with van der Waals surface area (Å²) in [6.45, 7) is 7.41. The summed E-state index contributed by atoms with van der Waals surface area (Å²) >= 11 is 0. The molecule has 0 radical (unpaired) electrons. The monoisotopic (exact) mass is 260 g/mol. The van der Waals surface area contributed by atoms with Crippen LogP contribution in [-0.4, -0.2) is 6.61 Å². The lowest BCUT2D eigenvalue weighted by Gasteiger charge is -2.11. The smallest absolute Gasteiger partial charge is 0.119 e.